The van der Waals surface area contributed by atoms with Crippen LogP contribution in [0.2, 0.25) is 0 Å². The average molecular weight is 847 g/mol. The number of hydrogen-bond donors (Lipinski definition) is 0. The largest absolute Gasteiger partial charge is 0.287 e. The summed E-state index contributed by atoms with van der Waals surface area (Å²) in [4.78, 5) is -2.25. The van der Waals surface area contributed by atoms with Crippen LogP contribution in [0.5, 0.6) is 0 Å². The van der Waals surface area contributed by atoms with Crippen LogP contribution >= 0.6 is 34.2 Å². The molecule has 5 aromatic carbocycles. The predicted molar refractivity (Wildman–Crippen MR) is 216 cm³/mol. The lowest BCUT2D eigenvalue weighted by Gasteiger charge is -2.72. The Morgan fingerprint density at radius 1 is 0.547 bits per heavy atom. The zero-order chi connectivity index (χ0) is 37.0. The van der Waals surface area contributed by atoms with Crippen molar-refractivity contribution < 1.29 is 17.6 Å². The van der Waals surface area contributed by atoms with Gasteiger partial charge in [0.05, 0.1) is 10.3 Å². The number of aryl methyl sites for hydroxylation is 1. The Kier molecular flexibility index (Phi) is 9.62. The molecule has 8 rings (SSSR count). The van der Waals surface area contributed by atoms with Crippen LogP contribution in [0.4, 0.5) is 17.6 Å². The minimum Gasteiger partial charge on any atom is -0.204 e. The number of fused-ring (bicyclic) bond motifs is 1. The highest BCUT2D eigenvalue weighted by Gasteiger charge is 2.93. The fourth-order valence-electron chi connectivity index (χ4n) is 11.0. The fourth-order valence-corrected chi connectivity index (χ4v) is 13.0. The molecular formula is C47H44ClF4I. The molecule has 4 unspecified atom stereocenters. The summed E-state index contributed by atoms with van der Waals surface area (Å²) in [5.41, 5.74) is -2.33. The van der Waals surface area contributed by atoms with Gasteiger partial charge in [0.25, 0.3) is 11.8 Å². The van der Waals surface area contributed by atoms with Crippen molar-refractivity contribution in [1.29, 1.82) is 0 Å². The van der Waals surface area contributed by atoms with Gasteiger partial charge < -0.3 is 0 Å². The van der Waals surface area contributed by atoms with Crippen LogP contribution in [0, 0.1) is 5.92 Å². The second-order valence-electron chi connectivity index (χ2n) is 15.5. The van der Waals surface area contributed by atoms with Gasteiger partial charge in [-0.3, -0.25) is 0 Å². The molecule has 0 bridgehead atoms. The number of alkyl halides is 6. The second-order valence-corrected chi connectivity index (χ2v) is 17.7. The molecule has 0 nitrogen and oxygen atoms in total. The van der Waals surface area contributed by atoms with E-state index in [4.69, 9.17) is 11.6 Å². The van der Waals surface area contributed by atoms with Gasteiger partial charge in [-0.1, -0.05) is 194 Å². The van der Waals surface area contributed by atoms with Crippen LogP contribution in [0.15, 0.2) is 146 Å². The summed E-state index contributed by atoms with van der Waals surface area (Å²) < 4.78 is 75.3. The van der Waals surface area contributed by atoms with Gasteiger partial charge in [0.1, 0.15) is 5.41 Å². The lowest BCUT2D eigenvalue weighted by molar-refractivity contribution is -0.270. The summed E-state index contributed by atoms with van der Waals surface area (Å²) in [6.07, 6.45) is 6.16. The van der Waals surface area contributed by atoms with E-state index in [1.165, 1.54) is 34.7 Å². The Morgan fingerprint density at radius 3 is 1.57 bits per heavy atom. The van der Waals surface area contributed by atoms with Crippen molar-refractivity contribution in [2.75, 3.05) is 0 Å². The molecule has 3 aliphatic carbocycles. The van der Waals surface area contributed by atoms with Crippen molar-refractivity contribution in [2.45, 2.75) is 94.7 Å². The maximum Gasteiger partial charge on any atom is 0.287 e. The number of hydrogen-bond acceptors (Lipinski definition) is 0. The summed E-state index contributed by atoms with van der Waals surface area (Å²) in [6, 6.07) is 41.8. The molecular weight excluding hydrogens is 803 g/mol. The Hall–Kier alpha value is -3.16. The number of benzene rings is 5. The third-order valence-electron chi connectivity index (χ3n) is 13.1. The topological polar surface area (TPSA) is 0 Å². The van der Waals surface area contributed by atoms with Crippen molar-refractivity contribution in [3.63, 3.8) is 0 Å². The Morgan fingerprint density at radius 2 is 1.02 bits per heavy atom. The summed E-state index contributed by atoms with van der Waals surface area (Å²) >= 11 is 10.1. The van der Waals surface area contributed by atoms with Crippen LogP contribution in [0.1, 0.15) is 90.7 Å². The molecule has 0 N–H and O–H groups in total. The lowest BCUT2D eigenvalue weighted by Crippen LogP contribution is -2.85. The third-order valence-corrected chi connectivity index (χ3v) is 15.9. The SMILES string of the molecule is FC1(F)C(I)(c2ccccc2)C(F)(F)C(c2ccccc2)(C2CCCc3ccccc32)C(Cl)(CCC2CCCC2)C1(c1ccccc1)c1ccccc1. The first-order chi connectivity index (χ1) is 25.6. The highest BCUT2D eigenvalue weighted by atomic mass is 127. The highest BCUT2D eigenvalue weighted by Crippen LogP contribution is 2.82. The van der Waals surface area contributed by atoms with Crippen molar-refractivity contribution in [2.24, 2.45) is 5.92 Å². The maximum absolute atomic E-state index is 19.7. The van der Waals surface area contributed by atoms with Gasteiger partial charge in [-0.05, 0) is 71.4 Å². The second kappa shape index (κ2) is 13.8. The minimum absolute atomic E-state index is 0.0245. The Bertz CT molecular complexity index is 1980. The molecule has 3 aliphatic rings. The quantitative estimate of drug-likeness (QED) is 0.0829. The summed E-state index contributed by atoms with van der Waals surface area (Å²) in [5, 5.41) is 0. The molecule has 0 amide bonds. The van der Waals surface area contributed by atoms with E-state index < -0.39 is 36.9 Å². The Labute approximate surface area is 329 Å². The highest BCUT2D eigenvalue weighted by molar-refractivity contribution is 14.1. The molecule has 5 aromatic rings. The first-order valence-electron chi connectivity index (χ1n) is 19.0. The van der Waals surface area contributed by atoms with E-state index in [2.05, 4.69) is 0 Å². The van der Waals surface area contributed by atoms with Gasteiger partial charge in [-0.25, -0.2) is 17.6 Å². The van der Waals surface area contributed by atoms with E-state index in [-0.39, 0.29) is 29.0 Å². The molecule has 0 saturated heterocycles. The fraction of sp³-hybridized carbons (Fsp3) is 0.362. The van der Waals surface area contributed by atoms with Crippen LogP contribution in [-0.2, 0) is 20.7 Å². The molecule has 0 heterocycles. The van der Waals surface area contributed by atoms with E-state index in [1.54, 1.807) is 103 Å². The summed E-state index contributed by atoms with van der Waals surface area (Å²) in [7, 11) is 0. The molecule has 2 fully saturated rings. The van der Waals surface area contributed by atoms with E-state index in [0.29, 0.717) is 24.8 Å². The van der Waals surface area contributed by atoms with Crippen molar-refractivity contribution in [3.05, 3.63) is 179 Å². The maximum atomic E-state index is 19.7. The van der Waals surface area contributed by atoms with Crippen LogP contribution in [0.3, 0.4) is 0 Å². The van der Waals surface area contributed by atoms with E-state index in [9.17, 15) is 0 Å². The zero-order valence-corrected chi connectivity index (χ0v) is 32.6. The normalized spacial score (nSPS) is 29.0. The number of rotatable bonds is 8. The molecule has 0 aliphatic heterocycles. The van der Waals surface area contributed by atoms with Gasteiger partial charge in [0.15, 0.2) is 3.42 Å². The van der Waals surface area contributed by atoms with Gasteiger partial charge >= 0.3 is 0 Å². The van der Waals surface area contributed by atoms with Crippen molar-refractivity contribution in [3.8, 4) is 0 Å². The summed E-state index contributed by atoms with van der Waals surface area (Å²) in [5.74, 6) is -8.92. The lowest BCUT2D eigenvalue weighted by atomic mass is 9.37. The van der Waals surface area contributed by atoms with Gasteiger partial charge in [-0.15, -0.1) is 11.6 Å². The molecule has 0 aromatic heterocycles. The minimum atomic E-state index is -4.14. The first kappa shape index (κ1) is 36.8. The van der Waals surface area contributed by atoms with Crippen LogP contribution in [-0.4, -0.2) is 16.7 Å². The molecule has 274 valence electrons. The van der Waals surface area contributed by atoms with Gasteiger partial charge in [0, 0.05) is 5.92 Å². The Balaban J connectivity index is 1.63. The average Bonchev–Trinajstić information content (AvgIpc) is 3.72. The predicted octanol–water partition coefficient (Wildman–Crippen LogP) is 13.6. The van der Waals surface area contributed by atoms with Crippen LogP contribution in [0.25, 0.3) is 0 Å². The van der Waals surface area contributed by atoms with Crippen LogP contribution < -0.4 is 0 Å². The van der Waals surface area contributed by atoms with E-state index in [0.717, 1.165) is 43.2 Å². The molecule has 0 spiro atoms. The first-order valence-corrected chi connectivity index (χ1v) is 20.5. The van der Waals surface area contributed by atoms with Gasteiger partial charge in [-0.2, -0.15) is 0 Å². The summed E-state index contributed by atoms with van der Waals surface area (Å²) in [6.45, 7) is 0. The molecule has 2 saturated carbocycles. The molecule has 4 atom stereocenters. The molecule has 6 heteroatoms. The molecule has 0 radical (unpaired) electrons. The standard InChI is InChI=1S/C47H44ClF4I/c48-42(33-32-34-18-13-14-19-34)43(36-22-5-1-6-23-36,37-24-7-2-8-25-37)46(49,50)45(53,39-28-11-4-12-29-39)47(51,52)44(42,38-26-9-3-10-27-38)41-31-17-21-35-20-15-16-30-40(35)41/h1-12,15-16,20,22-30,34,41H,13-14,17-19,21,31-33H2. The van der Waals surface area contributed by atoms with E-state index in [1.807, 2.05) is 30.3 Å². The number of halogens is 6. The smallest absolute Gasteiger partial charge is 0.204 e. The monoisotopic (exact) mass is 846 g/mol. The van der Waals surface area contributed by atoms with Gasteiger partial charge in [0.2, 0.25) is 0 Å². The third kappa shape index (κ3) is 4.97. The van der Waals surface area contributed by atoms with Crippen molar-refractivity contribution >= 4 is 34.2 Å². The molecule has 53 heavy (non-hydrogen) atoms. The van der Waals surface area contributed by atoms with E-state index >= 15 is 17.6 Å². The zero-order valence-electron chi connectivity index (χ0n) is 29.6. The van der Waals surface area contributed by atoms with Crippen molar-refractivity contribution in [1.82, 2.24) is 0 Å².